The van der Waals surface area contributed by atoms with E-state index in [0.29, 0.717) is 16.5 Å². The molecule has 1 unspecified atom stereocenters. The number of hydrogen-bond donors (Lipinski definition) is 1. The summed E-state index contributed by atoms with van der Waals surface area (Å²) < 4.78 is 5.07. The van der Waals surface area contributed by atoms with Gasteiger partial charge in [0.1, 0.15) is 17.0 Å². The molecular weight excluding hydrogens is 202 g/mol. The molecule has 0 aliphatic carbocycles. The lowest BCUT2D eigenvalue weighted by molar-refractivity contribution is 0.189. The van der Waals surface area contributed by atoms with E-state index in [1.165, 1.54) is 12.5 Å². The van der Waals surface area contributed by atoms with Crippen LogP contribution in [0.4, 0.5) is 0 Å². The van der Waals surface area contributed by atoms with Gasteiger partial charge in [0, 0.05) is 11.8 Å². The van der Waals surface area contributed by atoms with Crippen molar-refractivity contribution >= 4 is 11.6 Å². The first-order chi connectivity index (χ1) is 6.77. The van der Waals surface area contributed by atoms with E-state index in [4.69, 9.17) is 16.0 Å². The van der Waals surface area contributed by atoms with Gasteiger partial charge in [-0.15, -0.1) is 0 Å². The number of aromatic nitrogens is 1. The van der Waals surface area contributed by atoms with Gasteiger partial charge in [-0.05, 0) is 18.2 Å². The van der Waals surface area contributed by atoms with Gasteiger partial charge in [-0.25, -0.2) is 4.98 Å². The molecule has 0 bridgehead atoms. The van der Waals surface area contributed by atoms with E-state index in [0.717, 1.165) is 0 Å². The number of hydrogen-bond acceptors (Lipinski definition) is 3. The first-order valence-corrected chi connectivity index (χ1v) is 4.48. The molecular formula is C10H8ClNO2. The molecule has 1 atom stereocenters. The number of aliphatic hydroxyl groups excluding tert-OH is 1. The Balaban J connectivity index is 2.28. The second-order valence-electron chi connectivity index (χ2n) is 2.83. The summed E-state index contributed by atoms with van der Waals surface area (Å²) in [4.78, 5) is 3.87. The minimum absolute atomic E-state index is 0.403. The predicted octanol–water partition coefficient (Wildman–Crippen LogP) is 2.41. The Kier molecular flexibility index (Phi) is 2.52. The fraction of sp³-hybridized carbons (Fsp3) is 0.100. The van der Waals surface area contributed by atoms with E-state index >= 15 is 0 Å². The summed E-state index contributed by atoms with van der Waals surface area (Å²) in [5, 5.41) is 10.2. The van der Waals surface area contributed by atoms with Crippen molar-refractivity contribution in [3.8, 4) is 0 Å². The molecule has 0 aromatic carbocycles. The van der Waals surface area contributed by atoms with Crippen LogP contribution >= 0.6 is 11.6 Å². The molecule has 0 aliphatic rings. The highest BCUT2D eigenvalue weighted by Crippen LogP contribution is 2.21. The number of aliphatic hydroxyl groups is 1. The average molecular weight is 210 g/mol. The van der Waals surface area contributed by atoms with Gasteiger partial charge in [0.2, 0.25) is 0 Å². The van der Waals surface area contributed by atoms with Crippen LogP contribution in [0.25, 0.3) is 0 Å². The third-order valence-electron chi connectivity index (χ3n) is 1.88. The van der Waals surface area contributed by atoms with Crippen molar-refractivity contribution < 1.29 is 9.52 Å². The van der Waals surface area contributed by atoms with Crippen molar-refractivity contribution in [1.29, 1.82) is 0 Å². The van der Waals surface area contributed by atoms with Gasteiger partial charge in [-0.2, -0.15) is 0 Å². The maximum Gasteiger partial charge on any atom is 0.138 e. The van der Waals surface area contributed by atoms with Gasteiger partial charge in [0.15, 0.2) is 0 Å². The predicted molar refractivity (Wildman–Crippen MR) is 52.0 cm³/mol. The number of pyridine rings is 1. The van der Waals surface area contributed by atoms with E-state index in [9.17, 15) is 5.11 Å². The molecule has 2 aromatic rings. The molecule has 0 spiro atoms. The van der Waals surface area contributed by atoms with E-state index in [-0.39, 0.29) is 0 Å². The Bertz CT molecular complexity index is 397. The molecule has 2 aromatic heterocycles. The monoisotopic (exact) mass is 209 g/mol. The van der Waals surface area contributed by atoms with Crippen molar-refractivity contribution in [3.63, 3.8) is 0 Å². The maximum atomic E-state index is 9.79. The van der Waals surface area contributed by atoms with Crippen LogP contribution in [0.5, 0.6) is 0 Å². The average Bonchev–Trinajstić information content (AvgIpc) is 2.71. The lowest BCUT2D eigenvalue weighted by Crippen LogP contribution is -1.98. The number of rotatable bonds is 2. The zero-order valence-electron chi connectivity index (χ0n) is 7.22. The quantitative estimate of drug-likeness (QED) is 0.773. The van der Waals surface area contributed by atoms with Gasteiger partial charge in [-0.1, -0.05) is 17.7 Å². The van der Waals surface area contributed by atoms with Crippen molar-refractivity contribution in [2.75, 3.05) is 0 Å². The molecule has 0 radical (unpaired) electrons. The summed E-state index contributed by atoms with van der Waals surface area (Å²) >= 11 is 5.63. The van der Waals surface area contributed by atoms with Crippen molar-refractivity contribution in [2.24, 2.45) is 0 Å². The molecule has 72 valence electrons. The number of nitrogens with zero attached hydrogens (tertiary/aromatic N) is 1. The zero-order chi connectivity index (χ0) is 9.97. The molecule has 0 fully saturated rings. The van der Waals surface area contributed by atoms with Crippen molar-refractivity contribution in [2.45, 2.75) is 6.10 Å². The number of halogens is 1. The van der Waals surface area contributed by atoms with Gasteiger partial charge in [0.05, 0.1) is 6.26 Å². The summed E-state index contributed by atoms with van der Waals surface area (Å²) in [6.07, 6.45) is 2.26. The lowest BCUT2D eigenvalue weighted by atomic mass is 10.1. The Labute approximate surface area is 86.0 Å². The molecule has 3 nitrogen and oxygen atoms in total. The topological polar surface area (TPSA) is 46.3 Å². The third kappa shape index (κ3) is 1.78. The highest BCUT2D eigenvalue weighted by Gasteiger charge is 2.12. The van der Waals surface area contributed by atoms with Crippen LogP contribution in [0.1, 0.15) is 17.4 Å². The third-order valence-corrected chi connectivity index (χ3v) is 2.10. The normalized spacial score (nSPS) is 12.7. The lowest BCUT2D eigenvalue weighted by Gasteiger charge is -2.06. The minimum atomic E-state index is -0.783. The van der Waals surface area contributed by atoms with E-state index in [2.05, 4.69) is 4.98 Å². The van der Waals surface area contributed by atoms with Crippen LogP contribution < -0.4 is 0 Å². The Morgan fingerprint density at radius 2 is 2.21 bits per heavy atom. The Morgan fingerprint density at radius 1 is 1.36 bits per heavy atom. The van der Waals surface area contributed by atoms with Gasteiger partial charge >= 0.3 is 0 Å². The second-order valence-corrected chi connectivity index (χ2v) is 3.22. The molecule has 2 rings (SSSR count). The van der Waals surface area contributed by atoms with Crippen LogP contribution in [0.3, 0.4) is 0 Å². The summed E-state index contributed by atoms with van der Waals surface area (Å²) in [5.74, 6) is 0.495. The standard InChI is InChI=1S/C10H8ClNO2/c11-9-4-3-7(6-12-9)10(13)8-2-1-5-14-8/h1-6,10,13H. The van der Waals surface area contributed by atoms with E-state index in [1.54, 1.807) is 24.3 Å². The molecule has 4 heteroatoms. The first kappa shape index (κ1) is 9.24. The highest BCUT2D eigenvalue weighted by molar-refractivity contribution is 6.29. The molecule has 0 amide bonds. The van der Waals surface area contributed by atoms with Gasteiger partial charge in [-0.3, -0.25) is 0 Å². The Morgan fingerprint density at radius 3 is 2.79 bits per heavy atom. The van der Waals surface area contributed by atoms with Crippen LogP contribution in [-0.4, -0.2) is 10.1 Å². The van der Waals surface area contributed by atoms with Crippen LogP contribution in [0.15, 0.2) is 41.1 Å². The summed E-state index contributed by atoms with van der Waals surface area (Å²) in [6, 6.07) is 6.77. The summed E-state index contributed by atoms with van der Waals surface area (Å²) in [6.45, 7) is 0. The molecule has 0 saturated carbocycles. The number of furan rings is 1. The van der Waals surface area contributed by atoms with Crippen LogP contribution in [0, 0.1) is 0 Å². The fourth-order valence-corrected chi connectivity index (χ4v) is 1.27. The zero-order valence-corrected chi connectivity index (χ0v) is 7.98. The first-order valence-electron chi connectivity index (χ1n) is 4.10. The van der Waals surface area contributed by atoms with Gasteiger partial charge < -0.3 is 9.52 Å². The van der Waals surface area contributed by atoms with E-state index < -0.39 is 6.10 Å². The smallest absolute Gasteiger partial charge is 0.138 e. The van der Waals surface area contributed by atoms with Crippen molar-refractivity contribution in [3.05, 3.63) is 53.2 Å². The van der Waals surface area contributed by atoms with Crippen molar-refractivity contribution in [1.82, 2.24) is 4.98 Å². The largest absolute Gasteiger partial charge is 0.466 e. The maximum absolute atomic E-state index is 9.79. The molecule has 1 N–H and O–H groups in total. The highest BCUT2D eigenvalue weighted by atomic mass is 35.5. The molecule has 0 saturated heterocycles. The minimum Gasteiger partial charge on any atom is -0.466 e. The van der Waals surface area contributed by atoms with E-state index in [1.807, 2.05) is 0 Å². The van der Waals surface area contributed by atoms with Gasteiger partial charge in [0.25, 0.3) is 0 Å². The second kappa shape index (κ2) is 3.82. The molecule has 14 heavy (non-hydrogen) atoms. The molecule has 0 aliphatic heterocycles. The fourth-order valence-electron chi connectivity index (χ4n) is 1.16. The van der Waals surface area contributed by atoms with Crippen LogP contribution in [-0.2, 0) is 0 Å². The molecule has 2 heterocycles. The SMILES string of the molecule is OC(c1ccc(Cl)nc1)c1ccco1. The van der Waals surface area contributed by atoms with Crippen LogP contribution in [0.2, 0.25) is 5.15 Å². The summed E-state index contributed by atoms with van der Waals surface area (Å²) in [7, 11) is 0. The Hall–Kier alpha value is -1.32. The summed E-state index contributed by atoms with van der Waals surface area (Å²) in [5.41, 5.74) is 0.657.